The number of nitrogens with zero attached hydrogens (tertiary/aromatic N) is 4. The summed E-state index contributed by atoms with van der Waals surface area (Å²) in [5, 5.41) is 11.0. The third kappa shape index (κ3) is 3.64. The van der Waals surface area contributed by atoms with E-state index in [1.165, 1.54) is 13.3 Å². The van der Waals surface area contributed by atoms with E-state index in [2.05, 4.69) is 20.3 Å². The first-order valence-corrected chi connectivity index (χ1v) is 6.26. The van der Waals surface area contributed by atoms with E-state index in [0.29, 0.717) is 15.6 Å². The van der Waals surface area contributed by atoms with E-state index in [1.54, 1.807) is 18.2 Å². The molecule has 0 aliphatic carbocycles. The molecule has 2 rings (SSSR count). The minimum atomic E-state index is -4.62. The fourth-order valence-electron chi connectivity index (χ4n) is 1.36. The zero-order chi connectivity index (χ0) is 15.6. The van der Waals surface area contributed by atoms with E-state index in [0.717, 1.165) is 5.01 Å². The molecule has 5 nitrogen and oxygen atoms in total. The molecule has 0 atom stereocenters. The predicted octanol–water partition coefficient (Wildman–Crippen LogP) is 3.60. The molecule has 1 aromatic carbocycles. The van der Waals surface area contributed by atoms with Gasteiger partial charge in [0.25, 0.3) is 5.82 Å². The minimum Gasteiger partial charge on any atom is -0.243 e. The first kappa shape index (κ1) is 15.6. The van der Waals surface area contributed by atoms with Crippen LogP contribution in [-0.2, 0) is 6.18 Å². The third-order valence-corrected chi connectivity index (χ3v) is 3.05. The Labute approximate surface area is 127 Å². The van der Waals surface area contributed by atoms with E-state index in [-0.39, 0.29) is 5.95 Å². The summed E-state index contributed by atoms with van der Waals surface area (Å²) in [7, 11) is 1.40. The summed E-state index contributed by atoms with van der Waals surface area (Å²) in [6, 6.07) is 4.90. The van der Waals surface area contributed by atoms with Crippen LogP contribution in [-0.4, -0.2) is 28.4 Å². The highest BCUT2D eigenvalue weighted by atomic mass is 35.5. The Kier molecular flexibility index (Phi) is 4.38. The molecule has 0 radical (unpaired) electrons. The molecule has 1 heterocycles. The number of aromatic nitrogens is 3. The number of benzene rings is 1. The number of hydrogen-bond acceptors (Lipinski definition) is 4. The number of rotatable bonds is 3. The average molecular weight is 338 g/mol. The van der Waals surface area contributed by atoms with Gasteiger partial charge >= 0.3 is 6.18 Å². The maximum atomic E-state index is 12.4. The van der Waals surface area contributed by atoms with Crippen molar-refractivity contribution in [2.75, 3.05) is 12.1 Å². The Morgan fingerprint density at radius 3 is 2.43 bits per heavy atom. The number of hydrazone groups is 1. The quantitative estimate of drug-likeness (QED) is 0.687. The van der Waals surface area contributed by atoms with E-state index >= 15 is 0 Å². The van der Waals surface area contributed by atoms with Crippen molar-refractivity contribution in [3.05, 3.63) is 39.6 Å². The topological polar surface area (TPSA) is 57.2 Å². The molecule has 21 heavy (non-hydrogen) atoms. The first-order valence-electron chi connectivity index (χ1n) is 5.50. The van der Waals surface area contributed by atoms with Gasteiger partial charge in [-0.2, -0.15) is 23.3 Å². The van der Waals surface area contributed by atoms with Gasteiger partial charge < -0.3 is 0 Å². The van der Waals surface area contributed by atoms with Crippen LogP contribution in [0.3, 0.4) is 0 Å². The summed E-state index contributed by atoms with van der Waals surface area (Å²) < 4.78 is 37.2. The average Bonchev–Trinajstić information content (AvgIpc) is 2.87. The highest BCUT2D eigenvalue weighted by Gasteiger charge is 2.36. The normalized spacial score (nSPS) is 12.1. The van der Waals surface area contributed by atoms with Gasteiger partial charge in [0.2, 0.25) is 5.95 Å². The number of anilines is 1. The van der Waals surface area contributed by atoms with Crippen molar-refractivity contribution >= 4 is 35.4 Å². The van der Waals surface area contributed by atoms with Crippen LogP contribution in [0.1, 0.15) is 11.4 Å². The summed E-state index contributed by atoms with van der Waals surface area (Å²) in [5.74, 6) is -1.43. The monoisotopic (exact) mass is 337 g/mol. The molecule has 0 bridgehead atoms. The van der Waals surface area contributed by atoms with Gasteiger partial charge in [0.15, 0.2) is 0 Å². The molecule has 1 aromatic heterocycles. The molecule has 0 aliphatic rings. The highest BCUT2D eigenvalue weighted by molar-refractivity contribution is 6.38. The van der Waals surface area contributed by atoms with Crippen LogP contribution in [0.25, 0.3) is 0 Å². The van der Waals surface area contributed by atoms with Crippen molar-refractivity contribution in [2.45, 2.75) is 6.18 Å². The molecule has 0 saturated carbocycles. The molecular formula is C11H8Cl2F3N5. The van der Waals surface area contributed by atoms with Crippen LogP contribution in [0.2, 0.25) is 10.0 Å². The van der Waals surface area contributed by atoms with Gasteiger partial charge in [-0.1, -0.05) is 29.3 Å². The fourth-order valence-corrected chi connectivity index (χ4v) is 1.85. The van der Waals surface area contributed by atoms with Crippen LogP contribution >= 0.6 is 23.2 Å². The summed E-state index contributed by atoms with van der Waals surface area (Å²) in [6.45, 7) is 0. The molecular weight excluding hydrogens is 330 g/mol. The molecule has 0 fully saturated rings. The Morgan fingerprint density at radius 1 is 1.29 bits per heavy atom. The van der Waals surface area contributed by atoms with Crippen molar-refractivity contribution in [1.29, 1.82) is 0 Å². The lowest BCUT2D eigenvalue weighted by Gasteiger charge is -2.08. The van der Waals surface area contributed by atoms with Gasteiger partial charge in [-0.05, 0) is 12.1 Å². The van der Waals surface area contributed by atoms with Crippen molar-refractivity contribution in [3.8, 4) is 0 Å². The molecule has 0 spiro atoms. The molecule has 0 saturated heterocycles. The van der Waals surface area contributed by atoms with E-state index < -0.39 is 12.0 Å². The smallest absolute Gasteiger partial charge is 0.243 e. The van der Waals surface area contributed by atoms with Gasteiger partial charge in [0.1, 0.15) is 0 Å². The number of H-pyrrole nitrogens is 1. The van der Waals surface area contributed by atoms with Crippen molar-refractivity contribution in [1.82, 2.24) is 15.2 Å². The molecule has 112 valence electrons. The molecule has 0 aliphatic heterocycles. The lowest BCUT2D eigenvalue weighted by molar-refractivity contribution is -0.144. The summed E-state index contributed by atoms with van der Waals surface area (Å²) >= 11 is 11.9. The maximum Gasteiger partial charge on any atom is 0.453 e. The Morgan fingerprint density at radius 2 is 1.90 bits per heavy atom. The van der Waals surface area contributed by atoms with Gasteiger partial charge in [-0.3, -0.25) is 0 Å². The Bertz CT molecular complexity index is 648. The summed E-state index contributed by atoms with van der Waals surface area (Å²) in [4.78, 5) is 3.29. The van der Waals surface area contributed by atoms with Crippen molar-refractivity contribution < 1.29 is 13.2 Å². The zero-order valence-corrected chi connectivity index (χ0v) is 12.0. The summed E-state index contributed by atoms with van der Waals surface area (Å²) in [6.07, 6.45) is -3.30. The van der Waals surface area contributed by atoms with E-state index in [9.17, 15) is 13.2 Å². The number of alkyl halides is 3. The Hall–Kier alpha value is -1.80. The standard InChI is InChI=1S/C11H8Cl2F3N5/c1-21(10-18-9(19-20-10)11(14,15)16)17-5-6-7(12)3-2-4-8(6)13/h2-5H,1H3,(H,18,19,20)/b17-5+. The summed E-state index contributed by atoms with van der Waals surface area (Å²) in [5.41, 5.74) is 0.447. The second-order valence-electron chi connectivity index (χ2n) is 3.88. The predicted molar refractivity (Wildman–Crippen MR) is 73.8 cm³/mol. The lowest BCUT2D eigenvalue weighted by atomic mass is 10.2. The SMILES string of the molecule is CN(/N=C/c1c(Cl)cccc1Cl)c1nc(C(F)(F)F)n[nH]1. The molecule has 0 amide bonds. The zero-order valence-electron chi connectivity index (χ0n) is 10.5. The van der Waals surface area contributed by atoms with Gasteiger partial charge in [-0.15, -0.1) is 5.10 Å². The van der Waals surface area contributed by atoms with Crippen LogP contribution in [0.15, 0.2) is 23.3 Å². The number of halogens is 5. The van der Waals surface area contributed by atoms with E-state index in [4.69, 9.17) is 23.2 Å². The maximum absolute atomic E-state index is 12.4. The fraction of sp³-hybridized carbons (Fsp3) is 0.182. The Balaban J connectivity index is 2.20. The first-order chi connectivity index (χ1) is 9.79. The highest BCUT2D eigenvalue weighted by Crippen LogP contribution is 2.27. The van der Waals surface area contributed by atoms with Crippen molar-refractivity contribution in [3.63, 3.8) is 0 Å². The molecule has 0 unspecified atom stereocenters. The minimum absolute atomic E-state index is 0.165. The third-order valence-electron chi connectivity index (χ3n) is 2.39. The second kappa shape index (κ2) is 5.90. The van der Waals surface area contributed by atoms with Crippen LogP contribution in [0, 0.1) is 0 Å². The number of hydrogen-bond donors (Lipinski definition) is 1. The number of aromatic amines is 1. The molecule has 2 aromatic rings. The van der Waals surface area contributed by atoms with Crippen LogP contribution < -0.4 is 5.01 Å². The molecule has 1 N–H and O–H groups in total. The van der Waals surface area contributed by atoms with Gasteiger partial charge in [0, 0.05) is 12.6 Å². The van der Waals surface area contributed by atoms with Gasteiger partial charge in [0.05, 0.1) is 16.3 Å². The van der Waals surface area contributed by atoms with Crippen LogP contribution in [0.5, 0.6) is 0 Å². The molecule has 10 heteroatoms. The number of nitrogens with one attached hydrogen (secondary N) is 1. The van der Waals surface area contributed by atoms with E-state index in [1.807, 2.05) is 0 Å². The van der Waals surface area contributed by atoms with Crippen LogP contribution in [0.4, 0.5) is 19.1 Å². The van der Waals surface area contributed by atoms with Crippen molar-refractivity contribution in [2.24, 2.45) is 5.10 Å². The lowest BCUT2D eigenvalue weighted by Crippen LogP contribution is -2.12. The largest absolute Gasteiger partial charge is 0.453 e. The second-order valence-corrected chi connectivity index (χ2v) is 4.70. The van der Waals surface area contributed by atoms with Gasteiger partial charge in [-0.25, -0.2) is 10.1 Å².